The molecular weight excluding hydrogens is 614 g/mol. The zero-order valence-electron chi connectivity index (χ0n) is 33.0. The molecule has 0 radical (unpaired) electrons. The molecule has 0 aromatic heterocycles. The number of aryl methyl sites for hydroxylation is 2. The Labute approximate surface area is 296 Å². The summed E-state index contributed by atoms with van der Waals surface area (Å²) in [7, 11) is 0. The lowest BCUT2D eigenvalue weighted by Crippen LogP contribution is -2.63. The van der Waals surface area contributed by atoms with Crippen molar-refractivity contribution in [3.05, 3.63) is 58.1 Å². The molecular formula is C42H65NO6. The normalized spacial score (nSPS) is 17.8. The molecule has 7 heteroatoms. The average Bonchev–Trinajstić information content (AvgIpc) is 2.91. The first-order valence-corrected chi connectivity index (χ1v) is 18.1. The summed E-state index contributed by atoms with van der Waals surface area (Å²) in [5.74, 6) is 0.165. The Hall–Kier alpha value is -3.06. The van der Waals surface area contributed by atoms with Gasteiger partial charge in [0, 0.05) is 43.3 Å². The fourth-order valence-electron chi connectivity index (χ4n) is 7.44. The summed E-state index contributed by atoms with van der Waals surface area (Å²) in [5.41, 5.74) is 3.45. The predicted octanol–water partition coefficient (Wildman–Crippen LogP) is 9.05. The summed E-state index contributed by atoms with van der Waals surface area (Å²) in [6.45, 7) is 29.9. The van der Waals surface area contributed by atoms with Crippen LogP contribution in [-0.4, -0.2) is 56.9 Å². The van der Waals surface area contributed by atoms with Crippen molar-refractivity contribution in [1.82, 2.24) is 4.90 Å². The molecule has 2 aromatic rings. The minimum atomic E-state index is -0.316. The van der Waals surface area contributed by atoms with Crippen LogP contribution in [0.25, 0.3) is 0 Å². The summed E-state index contributed by atoms with van der Waals surface area (Å²) < 4.78 is 12.0. The van der Waals surface area contributed by atoms with Gasteiger partial charge in [-0.1, -0.05) is 86.6 Å². The lowest BCUT2D eigenvalue weighted by atomic mass is 9.77. The van der Waals surface area contributed by atoms with Crippen LogP contribution in [0.4, 0.5) is 0 Å². The second-order valence-corrected chi connectivity index (χ2v) is 18.7. The van der Waals surface area contributed by atoms with E-state index in [4.69, 9.17) is 9.47 Å². The van der Waals surface area contributed by atoms with Gasteiger partial charge in [-0.15, -0.1) is 0 Å². The average molecular weight is 680 g/mol. The summed E-state index contributed by atoms with van der Waals surface area (Å²) in [6, 6.07) is 9.62. The molecule has 7 nitrogen and oxygen atoms in total. The number of aromatic hydroxyl groups is 2. The van der Waals surface area contributed by atoms with E-state index in [1.54, 1.807) is 6.07 Å². The Morgan fingerprint density at radius 2 is 1.20 bits per heavy atom. The SMILES string of the molecule is CC(CN1C(C)(C)CC(OC(=O)CCc2ccc(O)c(C(C)(C)C)c2)CC1(C)C)OC(=O)CCc1cc(C(C)(C)C)c(O)c(C(C)(C)C)c1. The summed E-state index contributed by atoms with van der Waals surface area (Å²) in [5, 5.41) is 21.3. The number of likely N-dealkylation sites (tertiary alicyclic amines) is 1. The van der Waals surface area contributed by atoms with Crippen LogP contribution in [0.3, 0.4) is 0 Å². The number of piperidine rings is 1. The Morgan fingerprint density at radius 1 is 0.755 bits per heavy atom. The third kappa shape index (κ3) is 10.7. The topological polar surface area (TPSA) is 96.3 Å². The van der Waals surface area contributed by atoms with Crippen molar-refractivity contribution < 1.29 is 29.3 Å². The van der Waals surface area contributed by atoms with Gasteiger partial charge >= 0.3 is 11.9 Å². The van der Waals surface area contributed by atoms with Crippen LogP contribution in [0.15, 0.2) is 30.3 Å². The van der Waals surface area contributed by atoms with Gasteiger partial charge in [-0.2, -0.15) is 0 Å². The third-order valence-corrected chi connectivity index (χ3v) is 9.88. The highest BCUT2D eigenvalue weighted by Crippen LogP contribution is 2.41. The fraction of sp³-hybridized carbons (Fsp3) is 0.667. The number of phenolic OH excluding ortho intramolecular Hbond substituents is 2. The molecule has 2 N–H and O–H groups in total. The maximum absolute atomic E-state index is 13.1. The first-order chi connectivity index (χ1) is 22.2. The molecule has 49 heavy (non-hydrogen) atoms. The summed E-state index contributed by atoms with van der Waals surface area (Å²) >= 11 is 0. The maximum Gasteiger partial charge on any atom is 0.306 e. The van der Waals surface area contributed by atoms with E-state index in [1.165, 1.54) is 0 Å². The van der Waals surface area contributed by atoms with Crippen molar-refractivity contribution in [1.29, 1.82) is 0 Å². The highest BCUT2D eigenvalue weighted by atomic mass is 16.5. The van der Waals surface area contributed by atoms with E-state index in [2.05, 4.69) is 94.9 Å². The molecule has 2 aromatic carbocycles. The molecule has 1 heterocycles. The number of nitrogens with zero attached hydrogens (tertiary/aromatic N) is 1. The van der Waals surface area contributed by atoms with Gasteiger partial charge in [-0.3, -0.25) is 14.5 Å². The van der Waals surface area contributed by atoms with Gasteiger partial charge in [0.25, 0.3) is 0 Å². The van der Waals surface area contributed by atoms with Crippen molar-refractivity contribution in [3.63, 3.8) is 0 Å². The van der Waals surface area contributed by atoms with E-state index in [9.17, 15) is 19.8 Å². The Bertz CT molecular complexity index is 1430. The van der Waals surface area contributed by atoms with Crippen LogP contribution in [0.5, 0.6) is 11.5 Å². The van der Waals surface area contributed by atoms with Gasteiger partial charge in [0.05, 0.1) is 0 Å². The lowest BCUT2D eigenvalue weighted by molar-refractivity contribution is -0.166. The van der Waals surface area contributed by atoms with Crippen LogP contribution >= 0.6 is 0 Å². The third-order valence-electron chi connectivity index (χ3n) is 9.88. The molecule has 1 saturated heterocycles. The molecule has 1 aliphatic heterocycles. The second-order valence-electron chi connectivity index (χ2n) is 18.7. The maximum atomic E-state index is 13.1. The number of hydrogen-bond donors (Lipinski definition) is 2. The number of benzene rings is 2. The van der Waals surface area contributed by atoms with Crippen LogP contribution in [0.2, 0.25) is 0 Å². The standard InChI is InChI=1S/C42H65NO6/c1-27(48-35(45)20-17-29-22-32(39(5,6)7)37(47)33(23-29)40(8,9)10)26-43-41(11,12)24-30(25-42(43,13)14)49-36(46)19-16-28-15-18-34(44)31(21-28)38(2,3)4/h15,18,21-23,27,30,44,47H,16-17,19-20,24-26H2,1-14H3. The lowest BCUT2D eigenvalue weighted by Gasteiger charge is -2.55. The molecule has 0 amide bonds. The molecule has 1 aliphatic rings. The van der Waals surface area contributed by atoms with E-state index < -0.39 is 0 Å². The van der Waals surface area contributed by atoms with Crippen molar-refractivity contribution in [3.8, 4) is 11.5 Å². The molecule has 0 aliphatic carbocycles. The Balaban J connectivity index is 1.58. The minimum Gasteiger partial charge on any atom is -0.508 e. The fourth-order valence-corrected chi connectivity index (χ4v) is 7.44. The number of rotatable bonds is 10. The molecule has 1 atom stereocenters. The van der Waals surface area contributed by atoms with Crippen LogP contribution in [0.1, 0.15) is 150 Å². The number of esters is 2. The van der Waals surface area contributed by atoms with Gasteiger partial charge < -0.3 is 19.7 Å². The molecule has 274 valence electrons. The molecule has 0 saturated carbocycles. The minimum absolute atomic E-state index is 0.192. The Kier molecular flexibility index (Phi) is 12.1. The van der Waals surface area contributed by atoms with Crippen molar-refractivity contribution in [2.24, 2.45) is 0 Å². The molecule has 1 fully saturated rings. The van der Waals surface area contributed by atoms with Gasteiger partial charge in [-0.05, 0) is 97.6 Å². The van der Waals surface area contributed by atoms with Gasteiger partial charge in [0.1, 0.15) is 23.7 Å². The number of hydrogen-bond acceptors (Lipinski definition) is 7. The van der Waals surface area contributed by atoms with Crippen molar-refractivity contribution in [2.45, 2.75) is 175 Å². The highest BCUT2D eigenvalue weighted by molar-refractivity contribution is 5.70. The quantitative estimate of drug-likeness (QED) is 0.242. The van der Waals surface area contributed by atoms with Gasteiger partial charge in [0.2, 0.25) is 0 Å². The zero-order chi connectivity index (χ0) is 37.3. The smallest absolute Gasteiger partial charge is 0.306 e. The first kappa shape index (κ1) is 40.4. The van der Waals surface area contributed by atoms with Crippen LogP contribution in [0, 0.1) is 0 Å². The number of ether oxygens (including phenoxy) is 2. The highest BCUT2D eigenvalue weighted by Gasteiger charge is 2.47. The predicted molar refractivity (Wildman–Crippen MR) is 198 cm³/mol. The van der Waals surface area contributed by atoms with E-state index in [1.807, 2.05) is 31.2 Å². The van der Waals surface area contributed by atoms with Crippen LogP contribution in [-0.2, 0) is 48.1 Å². The first-order valence-electron chi connectivity index (χ1n) is 18.1. The monoisotopic (exact) mass is 679 g/mol. The largest absolute Gasteiger partial charge is 0.508 e. The van der Waals surface area contributed by atoms with E-state index >= 15 is 0 Å². The van der Waals surface area contributed by atoms with Gasteiger partial charge in [0.15, 0.2) is 0 Å². The van der Waals surface area contributed by atoms with Gasteiger partial charge in [-0.25, -0.2) is 0 Å². The zero-order valence-corrected chi connectivity index (χ0v) is 33.0. The van der Waals surface area contributed by atoms with E-state index in [0.717, 1.165) is 27.8 Å². The van der Waals surface area contributed by atoms with Crippen molar-refractivity contribution >= 4 is 11.9 Å². The molecule has 3 rings (SSSR count). The number of carbonyl (C=O) groups is 2. The van der Waals surface area contributed by atoms with E-state index in [0.29, 0.717) is 38.0 Å². The van der Waals surface area contributed by atoms with E-state index in [-0.39, 0.29) is 70.1 Å². The number of phenols is 2. The van der Waals surface area contributed by atoms with Crippen molar-refractivity contribution in [2.75, 3.05) is 6.54 Å². The Morgan fingerprint density at radius 3 is 1.69 bits per heavy atom. The second kappa shape index (κ2) is 14.7. The number of carbonyl (C=O) groups excluding carboxylic acids is 2. The summed E-state index contributed by atoms with van der Waals surface area (Å²) in [6.07, 6.45) is 2.47. The summed E-state index contributed by atoms with van der Waals surface area (Å²) in [4.78, 5) is 28.5. The molecule has 0 bridgehead atoms. The molecule has 1 unspecified atom stereocenters. The molecule has 0 spiro atoms. The van der Waals surface area contributed by atoms with Crippen LogP contribution < -0.4 is 0 Å².